The van der Waals surface area contributed by atoms with E-state index in [1.807, 2.05) is 37.5 Å². The Morgan fingerprint density at radius 3 is 2.62 bits per heavy atom. The van der Waals surface area contributed by atoms with Gasteiger partial charge in [0.1, 0.15) is 10.7 Å². The molecule has 1 aliphatic carbocycles. The van der Waals surface area contributed by atoms with Crippen molar-refractivity contribution in [2.45, 2.75) is 50.6 Å². The maximum atomic E-state index is 13.0. The van der Waals surface area contributed by atoms with Crippen LogP contribution in [0.4, 0.5) is 24.8 Å². The Balaban J connectivity index is 1.63. The molecule has 9 heteroatoms. The first kappa shape index (κ1) is 22.4. The fraction of sp³-hybridized carbons (Fsp3) is 0.391. The average molecular weight is 460 g/mol. The molecule has 168 valence electrons. The van der Waals surface area contributed by atoms with Crippen molar-refractivity contribution >= 4 is 29.2 Å². The summed E-state index contributed by atoms with van der Waals surface area (Å²) in [5, 5.41) is 3.97. The second-order valence-electron chi connectivity index (χ2n) is 8.11. The fourth-order valence-electron chi connectivity index (χ4n) is 4.17. The first-order valence-corrected chi connectivity index (χ1v) is 11.3. The molecule has 1 saturated carbocycles. The van der Waals surface area contributed by atoms with Gasteiger partial charge in [0.25, 0.3) is 0 Å². The number of nitrogens with one attached hydrogen (secondary N) is 1. The molecule has 0 saturated heterocycles. The van der Waals surface area contributed by atoms with E-state index in [4.69, 9.17) is 4.98 Å². The Morgan fingerprint density at radius 2 is 1.91 bits per heavy atom. The number of halogens is 3. The monoisotopic (exact) mass is 459 g/mol. The molecule has 0 amide bonds. The number of aryl methyl sites for hydroxylation is 1. The maximum absolute atomic E-state index is 13.0. The van der Waals surface area contributed by atoms with Gasteiger partial charge in [-0.05, 0) is 49.1 Å². The van der Waals surface area contributed by atoms with Gasteiger partial charge in [-0.15, -0.1) is 11.3 Å². The number of aromatic nitrogens is 3. The first-order chi connectivity index (χ1) is 15.3. The molecule has 0 bridgehead atoms. The number of hydrogen-bond acceptors (Lipinski definition) is 6. The summed E-state index contributed by atoms with van der Waals surface area (Å²) in [7, 11) is 1.80. The molecule has 5 nitrogen and oxygen atoms in total. The lowest BCUT2D eigenvalue weighted by Gasteiger charge is -2.31. The van der Waals surface area contributed by atoms with E-state index in [1.54, 1.807) is 18.4 Å². The SMILES string of the molecule is CN=CC1(c2ncc(-c3cc(C)cc(Nc4nccc(C(F)(F)F)n4)c3)s2)CCCCC1. The fourth-order valence-corrected chi connectivity index (χ4v) is 5.28. The van der Waals surface area contributed by atoms with Crippen LogP contribution in [0, 0.1) is 6.92 Å². The highest BCUT2D eigenvalue weighted by Gasteiger charge is 2.35. The van der Waals surface area contributed by atoms with Crippen molar-refractivity contribution in [1.29, 1.82) is 0 Å². The smallest absolute Gasteiger partial charge is 0.324 e. The Morgan fingerprint density at radius 1 is 1.12 bits per heavy atom. The number of anilines is 2. The summed E-state index contributed by atoms with van der Waals surface area (Å²) >= 11 is 1.65. The van der Waals surface area contributed by atoms with Crippen LogP contribution in [0.2, 0.25) is 0 Å². The van der Waals surface area contributed by atoms with Crippen molar-refractivity contribution < 1.29 is 13.2 Å². The third kappa shape index (κ3) is 4.82. The quantitative estimate of drug-likeness (QED) is 0.438. The molecule has 3 aromatic rings. The van der Waals surface area contributed by atoms with Crippen LogP contribution in [-0.2, 0) is 11.6 Å². The molecule has 0 radical (unpaired) electrons. The lowest BCUT2D eigenvalue weighted by molar-refractivity contribution is -0.141. The van der Waals surface area contributed by atoms with Crippen LogP contribution in [0.3, 0.4) is 0 Å². The molecule has 0 aliphatic heterocycles. The van der Waals surface area contributed by atoms with Crippen molar-refractivity contribution in [1.82, 2.24) is 15.0 Å². The van der Waals surface area contributed by atoms with Gasteiger partial charge in [-0.3, -0.25) is 4.99 Å². The van der Waals surface area contributed by atoms with Crippen LogP contribution in [-0.4, -0.2) is 28.2 Å². The number of benzene rings is 1. The minimum Gasteiger partial charge on any atom is -0.324 e. The number of rotatable bonds is 5. The lowest BCUT2D eigenvalue weighted by atomic mass is 9.75. The van der Waals surface area contributed by atoms with Crippen molar-refractivity contribution in [2.24, 2.45) is 4.99 Å². The molecule has 1 N–H and O–H groups in total. The molecule has 4 rings (SSSR count). The summed E-state index contributed by atoms with van der Waals surface area (Å²) < 4.78 is 38.9. The molecule has 0 spiro atoms. The van der Waals surface area contributed by atoms with Crippen LogP contribution >= 0.6 is 11.3 Å². The second-order valence-corrected chi connectivity index (χ2v) is 9.14. The first-order valence-electron chi connectivity index (χ1n) is 10.5. The molecule has 1 fully saturated rings. The summed E-state index contributed by atoms with van der Waals surface area (Å²) in [6, 6.07) is 6.63. The Hall–Kier alpha value is -2.81. The number of alkyl halides is 3. The Bertz CT molecular complexity index is 1120. The lowest BCUT2D eigenvalue weighted by Crippen LogP contribution is -2.30. The van der Waals surface area contributed by atoms with E-state index >= 15 is 0 Å². The highest BCUT2D eigenvalue weighted by molar-refractivity contribution is 7.15. The Kier molecular flexibility index (Phi) is 6.28. The zero-order valence-electron chi connectivity index (χ0n) is 17.9. The molecule has 1 aliphatic rings. The van der Waals surface area contributed by atoms with Crippen molar-refractivity contribution in [3.05, 3.63) is 52.9 Å². The summed E-state index contributed by atoms with van der Waals surface area (Å²) in [6.45, 7) is 1.94. The van der Waals surface area contributed by atoms with Crippen molar-refractivity contribution in [2.75, 3.05) is 12.4 Å². The minimum atomic E-state index is -4.52. The Labute approximate surface area is 188 Å². The van der Waals surface area contributed by atoms with Gasteiger partial charge in [-0.25, -0.2) is 15.0 Å². The largest absolute Gasteiger partial charge is 0.433 e. The van der Waals surface area contributed by atoms with Gasteiger partial charge in [0.2, 0.25) is 5.95 Å². The number of aliphatic imine (C=N–C) groups is 1. The van der Waals surface area contributed by atoms with Gasteiger partial charge in [0, 0.05) is 31.3 Å². The predicted molar refractivity (Wildman–Crippen MR) is 122 cm³/mol. The third-order valence-electron chi connectivity index (χ3n) is 5.62. The van der Waals surface area contributed by atoms with Gasteiger partial charge in [-0.1, -0.05) is 25.3 Å². The average Bonchev–Trinajstić information content (AvgIpc) is 3.25. The zero-order chi connectivity index (χ0) is 22.8. The van der Waals surface area contributed by atoms with Crippen LogP contribution < -0.4 is 5.32 Å². The van der Waals surface area contributed by atoms with Crippen LogP contribution in [0.15, 0.2) is 41.7 Å². The van der Waals surface area contributed by atoms with E-state index in [2.05, 4.69) is 20.3 Å². The van der Waals surface area contributed by atoms with Crippen molar-refractivity contribution in [3.8, 4) is 10.4 Å². The minimum absolute atomic E-state index is 0.0957. The highest BCUT2D eigenvalue weighted by atomic mass is 32.1. The number of thiazole rings is 1. The van der Waals surface area contributed by atoms with E-state index in [1.165, 1.54) is 6.42 Å². The topological polar surface area (TPSA) is 63.1 Å². The van der Waals surface area contributed by atoms with Gasteiger partial charge in [-0.2, -0.15) is 13.2 Å². The number of nitrogens with zero attached hydrogens (tertiary/aromatic N) is 4. The van der Waals surface area contributed by atoms with E-state index in [-0.39, 0.29) is 11.4 Å². The third-order valence-corrected chi connectivity index (χ3v) is 6.88. The van der Waals surface area contributed by atoms with E-state index in [9.17, 15) is 13.2 Å². The van der Waals surface area contributed by atoms with Crippen LogP contribution in [0.5, 0.6) is 0 Å². The standard InChI is InChI=1S/C23H24F3N5S/c1-15-10-16(12-17(11-15)30-21-28-9-6-19(31-21)23(24,25)26)18-13-29-20(32-18)22(14-27-2)7-4-3-5-8-22/h6,9-14H,3-5,7-8H2,1-2H3,(H,28,30,31). The molecule has 1 aromatic carbocycles. The predicted octanol–water partition coefficient (Wildman–Crippen LogP) is 6.57. The molecular formula is C23H24F3N5S. The van der Waals surface area contributed by atoms with E-state index < -0.39 is 11.9 Å². The van der Waals surface area contributed by atoms with Gasteiger partial charge < -0.3 is 5.32 Å². The molecule has 0 atom stereocenters. The summed E-state index contributed by atoms with van der Waals surface area (Å²) in [5.74, 6) is -0.0957. The van der Waals surface area contributed by atoms with Gasteiger partial charge in [0.05, 0.1) is 10.3 Å². The molecule has 32 heavy (non-hydrogen) atoms. The van der Waals surface area contributed by atoms with Crippen LogP contribution in [0.25, 0.3) is 10.4 Å². The van der Waals surface area contributed by atoms with E-state index in [0.29, 0.717) is 5.69 Å². The summed E-state index contributed by atoms with van der Waals surface area (Å²) in [5.41, 5.74) is 1.45. The summed E-state index contributed by atoms with van der Waals surface area (Å²) in [6.07, 6.45) is 6.16. The second kappa shape index (κ2) is 8.97. The van der Waals surface area contributed by atoms with Crippen molar-refractivity contribution in [3.63, 3.8) is 0 Å². The van der Waals surface area contributed by atoms with Gasteiger partial charge in [0.15, 0.2) is 0 Å². The zero-order valence-corrected chi connectivity index (χ0v) is 18.7. The highest BCUT2D eigenvalue weighted by Crippen LogP contribution is 2.42. The van der Waals surface area contributed by atoms with Gasteiger partial charge >= 0.3 is 6.18 Å². The molecule has 0 unspecified atom stereocenters. The molecule has 2 heterocycles. The normalized spacial score (nSPS) is 16.4. The molecule has 2 aromatic heterocycles. The summed E-state index contributed by atoms with van der Waals surface area (Å²) in [4.78, 5) is 17.6. The van der Waals surface area contributed by atoms with Crippen LogP contribution in [0.1, 0.15) is 48.4 Å². The maximum Gasteiger partial charge on any atom is 0.433 e. The molecular weight excluding hydrogens is 435 g/mol. The van der Waals surface area contributed by atoms with E-state index in [0.717, 1.165) is 59.0 Å². The number of hydrogen-bond donors (Lipinski definition) is 1.